The maximum Gasteiger partial charge on any atom is 0.341 e. The van der Waals surface area contributed by atoms with Crippen molar-refractivity contribution >= 4 is 34.0 Å². The first-order valence-electron chi connectivity index (χ1n) is 8.27. The van der Waals surface area contributed by atoms with E-state index < -0.39 is 5.97 Å². The number of ketones is 1. The van der Waals surface area contributed by atoms with E-state index in [0.29, 0.717) is 16.1 Å². The van der Waals surface area contributed by atoms with Crippen LogP contribution in [0.4, 0.5) is 5.00 Å². The lowest BCUT2D eigenvalue weighted by atomic mass is 9.97. The zero-order valence-corrected chi connectivity index (χ0v) is 16.7. The summed E-state index contributed by atoms with van der Waals surface area (Å²) in [6.45, 7) is 10.4. The zero-order valence-electron chi connectivity index (χ0n) is 15.9. The van der Waals surface area contributed by atoms with Crippen LogP contribution < -0.4 is 5.32 Å². The molecule has 0 aliphatic rings. The van der Waals surface area contributed by atoms with Gasteiger partial charge < -0.3 is 10.1 Å². The Balaban J connectivity index is 2.19. The molecule has 0 aliphatic heterocycles. The summed E-state index contributed by atoms with van der Waals surface area (Å²) in [5.41, 5.74) is 4.46. The molecule has 6 heteroatoms. The molecule has 0 spiro atoms. The Morgan fingerprint density at radius 3 is 2.12 bits per heavy atom. The smallest absolute Gasteiger partial charge is 0.341 e. The van der Waals surface area contributed by atoms with Crippen LogP contribution in [0.1, 0.15) is 54.8 Å². The molecule has 0 aliphatic carbocycles. The summed E-state index contributed by atoms with van der Waals surface area (Å²) >= 11 is 1.32. The SMILES string of the molecule is CC(=O)Nc1sc(C)c(C)c1C(=O)OCC(=O)c1c(C)cc(C)cc1C. The van der Waals surface area contributed by atoms with Crippen LogP contribution in [0.15, 0.2) is 12.1 Å². The van der Waals surface area contributed by atoms with Gasteiger partial charge in [0.15, 0.2) is 6.61 Å². The molecule has 0 atom stereocenters. The van der Waals surface area contributed by atoms with E-state index in [0.717, 1.165) is 27.1 Å². The van der Waals surface area contributed by atoms with Crippen molar-refractivity contribution in [3.8, 4) is 0 Å². The Labute approximate surface area is 157 Å². The molecule has 1 heterocycles. The summed E-state index contributed by atoms with van der Waals surface area (Å²) in [6, 6.07) is 3.87. The van der Waals surface area contributed by atoms with Crippen molar-refractivity contribution in [2.45, 2.75) is 41.5 Å². The van der Waals surface area contributed by atoms with E-state index in [4.69, 9.17) is 4.74 Å². The Kier molecular flexibility index (Phi) is 5.97. The van der Waals surface area contributed by atoms with Gasteiger partial charge in [-0.2, -0.15) is 0 Å². The minimum absolute atomic E-state index is 0.237. The molecule has 138 valence electrons. The second kappa shape index (κ2) is 7.83. The number of thiophene rings is 1. The number of nitrogens with one attached hydrogen (secondary N) is 1. The quantitative estimate of drug-likeness (QED) is 0.627. The van der Waals surface area contributed by atoms with Gasteiger partial charge in [-0.15, -0.1) is 11.3 Å². The number of hydrogen-bond donors (Lipinski definition) is 1. The van der Waals surface area contributed by atoms with Crippen LogP contribution in [0.2, 0.25) is 0 Å². The second-order valence-electron chi connectivity index (χ2n) is 6.44. The van der Waals surface area contributed by atoms with E-state index in [1.54, 1.807) is 6.92 Å². The molecule has 2 rings (SSSR count). The van der Waals surface area contributed by atoms with Crippen molar-refractivity contribution in [3.63, 3.8) is 0 Å². The van der Waals surface area contributed by atoms with Gasteiger partial charge in [-0.25, -0.2) is 4.79 Å². The molecule has 0 saturated heterocycles. The van der Waals surface area contributed by atoms with Gasteiger partial charge in [0.1, 0.15) is 5.00 Å². The minimum Gasteiger partial charge on any atom is -0.454 e. The van der Waals surface area contributed by atoms with Crippen molar-refractivity contribution in [2.24, 2.45) is 0 Å². The van der Waals surface area contributed by atoms with Crippen molar-refractivity contribution in [1.82, 2.24) is 0 Å². The number of benzene rings is 1. The van der Waals surface area contributed by atoms with Gasteiger partial charge in [-0.1, -0.05) is 17.7 Å². The van der Waals surface area contributed by atoms with Gasteiger partial charge >= 0.3 is 5.97 Å². The van der Waals surface area contributed by atoms with E-state index in [2.05, 4.69) is 5.32 Å². The molecule has 0 unspecified atom stereocenters. The average molecular weight is 373 g/mol. The van der Waals surface area contributed by atoms with Crippen molar-refractivity contribution < 1.29 is 19.1 Å². The molecule has 0 radical (unpaired) electrons. The first-order chi connectivity index (χ1) is 12.1. The van der Waals surface area contributed by atoms with Crippen LogP contribution in [-0.4, -0.2) is 24.3 Å². The van der Waals surface area contributed by atoms with Crippen LogP contribution in [0, 0.1) is 34.6 Å². The van der Waals surface area contributed by atoms with Gasteiger partial charge in [-0.05, 0) is 51.3 Å². The molecular weight excluding hydrogens is 350 g/mol. The Bertz CT molecular complexity index is 872. The highest BCUT2D eigenvalue weighted by Gasteiger charge is 2.23. The predicted octanol–water partition coefficient (Wildman–Crippen LogP) is 4.29. The van der Waals surface area contributed by atoms with Gasteiger partial charge in [0, 0.05) is 17.4 Å². The van der Waals surface area contributed by atoms with Gasteiger partial charge in [0.2, 0.25) is 11.7 Å². The van der Waals surface area contributed by atoms with Crippen LogP contribution in [0.3, 0.4) is 0 Å². The maximum atomic E-state index is 12.5. The number of hydrogen-bond acceptors (Lipinski definition) is 5. The average Bonchev–Trinajstić information content (AvgIpc) is 2.77. The highest BCUT2D eigenvalue weighted by atomic mass is 32.1. The summed E-state index contributed by atoms with van der Waals surface area (Å²) in [5.74, 6) is -1.10. The third-order valence-electron chi connectivity index (χ3n) is 4.17. The number of carbonyl (C=O) groups is 3. The first kappa shape index (κ1) is 19.8. The Hall–Kier alpha value is -2.47. The monoisotopic (exact) mass is 373 g/mol. The summed E-state index contributed by atoms with van der Waals surface area (Å²) in [7, 11) is 0. The number of esters is 1. The molecule has 1 N–H and O–H groups in total. The minimum atomic E-state index is -0.605. The normalized spacial score (nSPS) is 10.5. The third kappa shape index (κ3) is 4.19. The Morgan fingerprint density at radius 2 is 1.58 bits per heavy atom. The van der Waals surface area contributed by atoms with Crippen molar-refractivity contribution in [3.05, 3.63) is 50.4 Å². The lowest BCUT2D eigenvalue weighted by molar-refractivity contribution is -0.114. The van der Waals surface area contributed by atoms with E-state index in [1.807, 2.05) is 39.8 Å². The molecule has 26 heavy (non-hydrogen) atoms. The molecular formula is C20H23NO4S. The molecule has 5 nitrogen and oxygen atoms in total. The molecule has 0 fully saturated rings. The second-order valence-corrected chi connectivity index (χ2v) is 7.67. The van der Waals surface area contributed by atoms with E-state index >= 15 is 0 Å². The Morgan fingerprint density at radius 1 is 1.00 bits per heavy atom. The summed E-state index contributed by atoms with van der Waals surface area (Å²) in [6.07, 6.45) is 0. The fourth-order valence-electron chi connectivity index (χ4n) is 3.02. The number of carbonyl (C=O) groups excluding carboxylic acids is 3. The lowest BCUT2D eigenvalue weighted by Crippen LogP contribution is -2.18. The largest absolute Gasteiger partial charge is 0.454 e. The van der Waals surface area contributed by atoms with Gasteiger partial charge in [-0.3, -0.25) is 9.59 Å². The molecule has 1 aromatic heterocycles. The van der Waals surface area contributed by atoms with E-state index in [9.17, 15) is 14.4 Å². The van der Waals surface area contributed by atoms with E-state index in [1.165, 1.54) is 18.3 Å². The van der Waals surface area contributed by atoms with Gasteiger partial charge in [0.05, 0.1) is 5.56 Å². The number of aryl methyl sites for hydroxylation is 4. The first-order valence-corrected chi connectivity index (χ1v) is 9.09. The summed E-state index contributed by atoms with van der Waals surface area (Å²) in [4.78, 5) is 37.3. The maximum absolute atomic E-state index is 12.5. The number of Topliss-reactive ketones (excluding diaryl/α,β-unsaturated/α-hetero) is 1. The molecule has 2 aromatic rings. The molecule has 1 aromatic carbocycles. The van der Waals surface area contributed by atoms with Crippen LogP contribution >= 0.6 is 11.3 Å². The predicted molar refractivity (Wildman–Crippen MR) is 103 cm³/mol. The van der Waals surface area contributed by atoms with Crippen molar-refractivity contribution in [2.75, 3.05) is 11.9 Å². The van der Waals surface area contributed by atoms with E-state index in [-0.39, 0.29) is 18.3 Å². The highest BCUT2D eigenvalue weighted by Crippen LogP contribution is 2.33. The van der Waals surface area contributed by atoms with Gasteiger partial charge in [0.25, 0.3) is 0 Å². The molecule has 0 saturated carbocycles. The zero-order chi connectivity index (χ0) is 19.6. The van der Waals surface area contributed by atoms with Crippen molar-refractivity contribution in [1.29, 1.82) is 0 Å². The lowest BCUT2D eigenvalue weighted by Gasteiger charge is -2.11. The fourth-order valence-corrected chi connectivity index (χ4v) is 4.11. The number of rotatable bonds is 5. The summed E-state index contributed by atoms with van der Waals surface area (Å²) in [5, 5.41) is 3.11. The number of anilines is 1. The summed E-state index contributed by atoms with van der Waals surface area (Å²) < 4.78 is 5.27. The van der Waals surface area contributed by atoms with Crippen LogP contribution in [-0.2, 0) is 9.53 Å². The molecule has 1 amide bonds. The third-order valence-corrected chi connectivity index (χ3v) is 5.29. The van der Waals surface area contributed by atoms with Crippen LogP contribution in [0.25, 0.3) is 0 Å². The van der Waals surface area contributed by atoms with Crippen LogP contribution in [0.5, 0.6) is 0 Å². The number of amides is 1. The topological polar surface area (TPSA) is 72.5 Å². The number of ether oxygens (including phenoxy) is 1. The standard InChI is InChI=1S/C20H23NO4S/c1-10-7-11(2)17(12(3)8-10)16(23)9-25-20(24)18-13(4)14(5)26-19(18)21-15(6)22/h7-8H,9H2,1-6H3,(H,21,22). The highest BCUT2D eigenvalue weighted by molar-refractivity contribution is 7.16. The molecule has 0 bridgehead atoms. The fraction of sp³-hybridized carbons (Fsp3) is 0.350.